The van der Waals surface area contributed by atoms with Gasteiger partial charge in [0, 0.05) is 4.88 Å². The zero-order valence-corrected chi connectivity index (χ0v) is 15.7. The average Bonchev–Trinajstić information content (AvgIpc) is 3.10. The van der Waals surface area contributed by atoms with Gasteiger partial charge in [-0.25, -0.2) is 13.2 Å². The van der Waals surface area contributed by atoms with E-state index in [0.29, 0.717) is 12.3 Å². The molecule has 1 amide bonds. The Morgan fingerprint density at radius 2 is 2.12 bits per heavy atom. The molecule has 1 aliphatic rings. The average molecular weight is 401 g/mol. The molecule has 0 aromatic carbocycles. The Bertz CT molecular complexity index is 958. The van der Waals surface area contributed by atoms with Crippen molar-refractivity contribution in [3.05, 3.63) is 32.3 Å². The Kier molecular flexibility index (Phi) is 4.60. The lowest BCUT2D eigenvalue weighted by Gasteiger charge is -2.18. The first kappa shape index (κ1) is 17.9. The fourth-order valence-electron chi connectivity index (χ4n) is 2.93. The standard InChI is InChI=1S/C15H16N2O5S3/c1-7-2-3-8-9(6-7)24-14(11(8)13(16)18)17-25(21,22)10-4-5-23-12(10)15(19)20/h4-5,7,17H,2-3,6H2,1H3,(H2,16,18)(H,19,20). The number of hydrogen-bond acceptors (Lipinski definition) is 6. The molecule has 0 saturated heterocycles. The molecule has 0 bridgehead atoms. The second kappa shape index (κ2) is 6.43. The van der Waals surface area contributed by atoms with Gasteiger partial charge in [-0.15, -0.1) is 22.7 Å². The van der Waals surface area contributed by atoms with Crippen LogP contribution >= 0.6 is 22.7 Å². The highest BCUT2D eigenvalue weighted by molar-refractivity contribution is 7.93. The van der Waals surface area contributed by atoms with E-state index in [4.69, 9.17) is 10.8 Å². The zero-order chi connectivity index (χ0) is 18.4. The number of thiophene rings is 2. The molecule has 0 saturated carbocycles. The SMILES string of the molecule is CC1CCc2c(sc(NS(=O)(=O)c3ccsc3C(=O)O)c2C(N)=O)C1. The van der Waals surface area contributed by atoms with Crippen molar-refractivity contribution in [2.45, 2.75) is 31.1 Å². The normalized spacial score (nSPS) is 17.1. The molecule has 25 heavy (non-hydrogen) atoms. The summed E-state index contributed by atoms with van der Waals surface area (Å²) >= 11 is 2.02. The maximum atomic E-state index is 12.6. The van der Waals surface area contributed by atoms with Crippen molar-refractivity contribution in [2.75, 3.05) is 4.72 Å². The first-order chi connectivity index (χ1) is 11.7. The monoisotopic (exact) mass is 400 g/mol. The second-order valence-corrected chi connectivity index (χ2v) is 9.62. The number of carboxylic acids is 1. The Labute approximate surface area is 152 Å². The Hall–Kier alpha value is -1.91. The van der Waals surface area contributed by atoms with Crippen molar-refractivity contribution in [1.82, 2.24) is 0 Å². The van der Waals surface area contributed by atoms with Crippen LogP contribution in [0.1, 0.15) is 43.8 Å². The molecule has 2 heterocycles. The minimum Gasteiger partial charge on any atom is -0.477 e. The fourth-order valence-corrected chi connectivity index (χ4v) is 6.91. The number of aromatic carboxylic acids is 1. The number of carbonyl (C=O) groups excluding carboxylic acids is 1. The van der Waals surface area contributed by atoms with Gasteiger partial charge in [0.1, 0.15) is 14.8 Å². The molecule has 7 nitrogen and oxygen atoms in total. The smallest absolute Gasteiger partial charge is 0.347 e. The lowest BCUT2D eigenvalue weighted by molar-refractivity contribution is 0.0698. The number of hydrogen-bond donors (Lipinski definition) is 3. The number of primary amides is 1. The molecule has 0 fully saturated rings. The van der Waals surface area contributed by atoms with E-state index in [9.17, 15) is 18.0 Å². The summed E-state index contributed by atoms with van der Waals surface area (Å²) in [5.74, 6) is -1.55. The molecule has 1 atom stereocenters. The van der Waals surface area contributed by atoms with Crippen LogP contribution < -0.4 is 10.5 Å². The van der Waals surface area contributed by atoms with Gasteiger partial charge in [-0.05, 0) is 42.2 Å². The number of anilines is 1. The van der Waals surface area contributed by atoms with Crippen LogP contribution in [0.5, 0.6) is 0 Å². The van der Waals surface area contributed by atoms with Crippen molar-refractivity contribution < 1.29 is 23.1 Å². The summed E-state index contributed by atoms with van der Waals surface area (Å²) in [6.45, 7) is 2.10. The number of sulfonamides is 1. The number of amides is 1. The number of carbonyl (C=O) groups is 2. The molecule has 1 aliphatic carbocycles. The van der Waals surface area contributed by atoms with Crippen LogP contribution in [-0.4, -0.2) is 25.4 Å². The summed E-state index contributed by atoms with van der Waals surface area (Å²) in [6.07, 6.45) is 2.34. The number of nitrogens with one attached hydrogen (secondary N) is 1. The third-order valence-electron chi connectivity index (χ3n) is 4.10. The first-order valence-corrected chi connectivity index (χ1v) is 10.7. The van der Waals surface area contributed by atoms with Crippen LogP contribution in [0.4, 0.5) is 5.00 Å². The van der Waals surface area contributed by atoms with Gasteiger partial charge in [0.25, 0.3) is 15.9 Å². The van der Waals surface area contributed by atoms with Crippen molar-refractivity contribution in [3.63, 3.8) is 0 Å². The largest absolute Gasteiger partial charge is 0.477 e. The van der Waals surface area contributed by atoms with Gasteiger partial charge in [0.2, 0.25) is 0 Å². The molecule has 3 rings (SSSR count). The number of nitrogens with two attached hydrogens (primary N) is 1. The van der Waals surface area contributed by atoms with Crippen LogP contribution in [-0.2, 0) is 22.9 Å². The second-order valence-electron chi connectivity index (χ2n) is 5.94. The quantitative estimate of drug-likeness (QED) is 0.711. The minimum atomic E-state index is -4.13. The molecule has 1 unspecified atom stereocenters. The fraction of sp³-hybridized carbons (Fsp3) is 0.333. The highest BCUT2D eigenvalue weighted by Gasteiger charge is 2.30. The summed E-state index contributed by atoms with van der Waals surface area (Å²) in [4.78, 5) is 23.4. The van der Waals surface area contributed by atoms with Crippen molar-refractivity contribution in [3.8, 4) is 0 Å². The molecule has 2 aromatic rings. The molecule has 0 radical (unpaired) electrons. The first-order valence-electron chi connectivity index (χ1n) is 7.48. The van der Waals surface area contributed by atoms with E-state index in [1.165, 1.54) is 22.8 Å². The van der Waals surface area contributed by atoms with E-state index < -0.39 is 21.9 Å². The van der Waals surface area contributed by atoms with E-state index in [1.807, 2.05) is 0 Å². The van der Waals surface area contributed by atoms with Crippen LogP contribution in [0, 0.1) is 5.92 Å². The van der Waals surface area contributed by atoms with Crippen LogP contribution in [0.3, 0.4) is 0 Å². The van der Waals surface area contributed by atoms with Gasteiger partial charge < -0.3 is 10.8 Å². The van der Waals surface area contributed by atoms with Crippen molar-refractivity contribution in [2.24, 2.45) is 11.7 Å². The van der Waals surface area contributed by atoms with E-state index in [1.54, 1.807) is 0 Å². The van der Waals surface area contributed by atoms with Gasteiger partial charge in [0.05, 0.1) is 5.56 Å². The Morgan fingerprint density at radius 3 is 2.76 bits per heavy atom. The van der Waals surface area contributed by atoms with Gasteiger partial charge in [-0.3, -0.25) is 9.52 Å². The number of fused-ring (bicyclic) bond motifs is 1. The van der Waals surface area contributed by atoms with E-state index >= 15 is 0 Å². The predicted molar refractivity (Wildman–Crippen MR) is 96.1 cm³/mol. The topological polar surface area (TPSA) is 127 Å². The van der Waals surface area contributed by atoms with Gasteiger partial charge >= 0.3 is 5.97 Å². The summed E-state index contributed by atoms with van der Waals surface area (Å²) in [5.41, 5.74) is 6.47. The maximum Gasteiger partial charge on any atom is 0.347 e. The van der Waals surface area contributed by atoms with Crippen molar-refractivity contribution in [1.29, 1.82) is 0 Å². The number of carboxylic acid groups (broad SMARTS) is 1. The van der Waals surface area contributed by atoms with Crippen LogP contribution in [0.25, 0.3) is 0 Å². The third kappa shape index (κ3) is 3.29. The molecule has 134 valence electrons. The predicted octanol–water partition coefficient (Wildman–Crippen LogP) is 2.53. The molecule has 2 aromatic heterocycles. The summed E-state index contributed by atoms with van der Waals surface area (Å²) in [6, 6.07) is 1.23. The lowest BCUT2D eigenvalue weighted by atomic mass is 9.88. The third-order valence-corrected chi connectivity index (χ3v) is 7.82. The van der Waals surface area contributed by atoms with Gasteiger partial charge in [-0.2, -0.15) is 0 Å². The zero-order valence-electron chi connectivity index (χ0n) is 13.2. The van der Waals surface area contributed by atoms with Crippen molar-refractivity contribution >= 4 is 49.6 Å². The van der Waals surface area contributed by atoms with E-state index in [0.717, 1.165) is 34.6 Å². The molecular weight excluding hydrogens is 384 g/mol. The van der Waals surface area contributed by atoms with Crippen LogP contribution in [0.2, 0.25) is 0 Å². The highest BCUT2D eigenvalue weighted by atomic mass is 32.2. The van der Waals surface area contributed by atoms with Gasteiger partial charge in [0.15, 0.2) is 0 Å². The molecule has 4 N–H and O–H groups in total. The minimum absolute atomic E-state index is 0.161. The lowest BCUT2D eigenvalue weighted by Crippen LogP contribution is -2.20. The molecule has 0 aliphatic heterocycles. The summed E-state index contributed by atoms with van der Waals surface area (Å²) in [5, 5.41) is 10.7. The van der Waals surface area contributed by atoms with E-state index in [2.05, 4.69) is 11.6 Å². The highest BCUT2D eigenvalue weighted by Crippen LogP contribution is 2.40. The van der Waals surface area contributed by atoms with E-state index in [-0.39, 0.29) is 20.3 Å². The van der Waals surface area contributed by atoms with Crippen LogP contribution in [0.15, 0.2) is 16.3 Å². The summed E-state index contributed by atoms with van der Waals surface area (Å²) < 4.78 is 27.6. The molecular formula is C15H16N2O5S3. The number of rotatable bonds is 5. The molecule has 10 heteroatoms. The van der Waals surface area contributed by atoms with Gasteiger partial charge in [-0.1, -0.05) is 6.92 Å². The Balaban J connectivity index is 2.04. The maximum absolute atomic E-state index is 12.6. The molecule has 0 spiro atoms. The Morgan fingerprint density at radius 1 is 1.40 bits per heavy atom. The summed E-state index contributed by atoms with van der Waals surface area (Å²) in [7, 11) is -4.13.